The average Bonchev–Trinajstić information content (AvgIpc) is 3.30. The van der Waals surface area contributed by atoms with Crippen LogP contribution in [0.25, 0.3) is 67.5 Å². The summed E-state index contributed by atoms with van der Waals surface area (Å²) < 4.78 is 14.8. The fourth-order valence-electron chi connectivity index (χ4n) is 7.07. The molecule has 0 aliphatic heterocycles. The van der Waals surface area contributed by atoms with Crippen LogP contribution < -0.4 is 15.9 Å². The summed E-state index contributed by atoms with van der Waals surface area (Å²) in [5, 5.41) is 2.49. The van der Waals surface area contributed by atoms with E-state index in [2.05, 4.69) is 84.9 Å². The Morgan fingerprint density at radius 1 is 0.250 bits per heavy atom. The van der Waals surface area contributed by atoms with Crippen LogP contribution in [0.4, 0.5) is 0 Å². The minimum Gasteiger partial charge on any atom is -0.309 e. The summed E-state index contributed by atoms with van der Waals surface area (Å²) in [6, 6.07) is 73.5. The van der Waals surface area contributed by atoms with Gasteiger partial charge in [0.1, 0.15) is 0 Å². The lowest BCUT2D eigenvalue weighted by molar-refractivity contribution is 0.592. The quantitative estimate of drug-likeness (QED) is 0.138. The van der Waals surface area contributed by atoms with Gasteiger partial charge in [0.25, 0.3) is 0 Å². The zero-order valence-electron chi connectivity index (χ0n) is 30.5. The summed E-state index contributed by atoms with van der Waals surface area (Å²) in [5.41, 5.74) is 9.46. The maximum absolute atomic E-state index is 14.8. The smallest absolute Gasteiger partial charge is 0.171 e. The molecule has 0 bridgehead atoms. The Balaban J connectivity index is 0.959. The van der Waals surface area contributed by atoms with Gasteiger partial charge in [-0.3, -0.25) is 0 Å². The zero-order chi connectivity index (χ0) is 37.7. The highest BCUT2D eigenvalue weighted by Crippen LogP contribution is 2.42. The molecule has 5 heteroatoms. The van der Waals surface area contributed by atoms with Crippen molar-refractivity contribution in [2.45, 2.75) is 0 Å². The molecular formula is C51H36N3OP. The normalized spacial score (nSPS) is 11.3. The van der Waals surface area contributed by atoms with Crippen molar-refractivity contribution < 1.29 is 4.57 Å². The minimum atomic E-state index is -3.02. The maximum atomic E-state index is 14.8. The fraction of sp³-hybridized carbons (Fsp3) is 0. The van der Waals surface area contributed by atoms with Crippen molar-refractivity contribution in [1.29, 1.82) is 0 Å². The van der Waals surface area contributed by atoms with E-state index >= 15 is 0 Å². The largest absolute Gasteiger partial charge is 0.309 e. The van der Waals surface area contributed by atoms with Crippen LogP contribution in [0.5, 0.6) is 0 Å². The molecule has 266 valence electrons. The molecule has 4 nitrogen and oxygen atoms in total. The van der Waals surface area contributed by atoms with Crippen LogP contribution in [0.1, 0.15) is 0 Å². The number of hydrogen-bond donors (Lipinski definition) is 0. The van der Waals surface area contributed by atoms with Crippen molar-refractivity contribution in [3.05, 3.63) is 218 Å². The zero-order valence-corrected chi connectivity index (χ0v) is 31.4. The predicted molar refractivity (Wildman–Crippen MR) is 232 cm³/mol. The molecule has 0 unspecified atom stereocenters. The van der Waals surface area contributed by atoms with Crippen molar-refractivity contribution in [3.63, 3.8) is 0 Å². The molecule has 0 saturated carbocycles. The molecule has 0 amide bonds. The highest BCUT2D eigenvalue weighted by molar-refractivity contribution is 7.85. The molecule has 1 aromatic heterocycles. The first kappa shape index (κ1) is 34.7. The second-order valence-electron chi connectivity index (χ2n) is 13.6. The molecular weight excluding hydrogens is 702 g/mol. The van der Waals surface area contributed by atoms with Gasteiger partial charge < -0.3 is 4.57 Å². The van der Waals surface area contributed by atoms with Gasteiger partial charge in [-0.25, -0.2) is 15.0 Å². The van der Waals surface area contributed by atoms with E-state index in [9.17, 15) is 4.57 Å². The first-order valence-electron chi connectivity index (χ1n) is 18.6. The Morgan fingerprint density at radius 3 is 0.946 bits per heavy atom. The molecule has 0 fully saturated rings. The van der Waals surface area contributed by atoms with Gasteiger partial charge in [0.15, 0.2) is 24.6 Å². The third kappa shape index (κ3) is 7.02. The van der Waals surface area contributed by atoms with E-state index in [0.717, 1.165) is 66.0 Å². The highest BCUT2D eigenvalue weighted by Gasteiger charge is 2.29. The number of rotatable bonds is 9. The van der Waals surface area contributed by atoms with E-state index in [4.69, 9.17) is 15.0 Å². The molecule has 0 atom stereocenters. The van der Waals surface area contributed by atoms with Crippen LogP contribution in [0.15, 0.2) is 218 Å². The third-order valence-corrected chi connectivity index (χ3v) is 13.1. The third-order valence-electron chi connectivity index (χ3n) is 10.1. The fourth-order valence-corrected chi connectivity index (χ4v) is 9.72. The molecule has 0 aliphatic carbocycles. The SMILES string of the molecule is O=P(c1ccccc1)(c1ccccc1)c1ccc(-c2ccc(-c3ccc(-c4cccc(-c5nc(-c6ccccc6)nc(-c6ccccc6)n5)c4)cc3)cc2)cc1. The van der Waals surface area contributed by atoms with Crippen LogP contribution in [-0.2, 0) is 4.57 Å². The molecule has 9 rings (SSSR count). The molecule has 0 radical (unpaired) electrons. The van der Waals surface area contributed by atoms with Crippen molar-refractivity contribution in [3.8, 4) is 67.5 Å². The number of hydrogen-bond acceptors (Lipinski definition) is 4. The Hall–Kier alpha value is -7.00. The topological polar surface area (TPSA) is 55.7 Å². The standard InChI is InChI=1S/C51H36N3OP/c55-56(46-20-9-3-10-21-46,47-22-11-4-12-23-47)48-34-32-40(33-35-48)39-26-24-37(25-27-39)38-28-30-41(31-29-38)44-18-13-19-45(36-44)51-53-49(42-14-5-1-6-15-42)52-50(54-51)43-16-7-2-8-17-43/h1-36H. The molecule has 0 spiro atoms. The average molecular weight is 738 g/mol. The van der Waals surface area contributed by atoms with E-state index < -0.39 is 7.14 Å². The Kier molecular flexibility index (Phi) is 9.55. The van der Waals surface area contributed by atoms with Gasteiger partial charge in [0, 0.05) is 32.6 Å². The minimum absolute atomic E-state index is 0.632. The lowest BCUT2D eigenvalue weighted by Crippen LogP contribution is -2.24. The summed E-state index contributed by atoms with van der Waals surface area (Å²) in [5.74, 6) is 1.92. The summed E-state index contributed by atoms with van der Waals surface area (Å²) in [6.07, 6.45) is 0. The Bertz CT molecular complexity index is 2670. The predicted octanol–water partition coefficient (Wildman–Crippen LogP) is 11.5. The lowest BCUT2D eigenvalue weighted by Gasteiger charge is -2.20. The summed E-state index contributed by atoms with van der Waals surface area (Å²) in [7, 11) is -3.02. The van der Waals surface area contributed by atoms with E-state index in [0.29, 0.717) is 17.5 Å². The van der Waals surface area contributed by atoms with Crippen LogP contribution in [0.2, 0.25) is 0 Å². The second-order valence-corrected chi connectivity index (χ2v) is 16.4. The molecule has 8 aromatic carbocycles. The molecule has 0 N–H and O–H groups in total. The lowest BCUT2D eigenvalue weighted by atomic mass is 9.97. The second kappa shape index (κ2) is 15.4. The van der Waals surface area contributed by atoms with Crippen LogP contribution in [0, 0.1) is 0 Å². The molecule has 1 heterocycles. The molecule has 56 heavy (non-hydrogen) atoms. The van der Waals surface area contributed by atoms with Gasteiger partial charge in [0.2, 0.25) is 0 Å². The monoisotopic (exact) mass is 737 g/mol. The summed E-state index contributed by atoms with van der Waals surface area (Å²) in [6.45, 7) is 0. The van der Waals surface area contributed by atoms with Gasteiger partial charge in [-0.15, -0.1) is 0 Å². The summed E-state index contributed by atoms with van der Waals surface area (Å²) >= 11 is 0. The molecule has 9 aromatic rings. The van der Waals surface area contributed by atoms with E-state index in [1.54, 1.807) is 0 Å². The number of nitrogens with zero attached hydrogens (tertiary/aromatic N) is 3. The Morgan fingerprint density at radius 2 is 0.536 bits per heavy atom. The highest BCUT2D eigenvalue weighted by atomic mass is 31.2. The van der Waals surface area contributed by atoms with Crippen LogP contribution in [-0.4, -0.2) is 15.0 Å². The van der Waals surface area contributed by atoms with Gasteiger partial charge in [-0.2, -0.15) is 0 Å². The number of aromatic nitrogens is 3. The first-order chi connectivity index (χ1) is 27.6. The van der Waals surface area contributed by atoms with Crippen LogP contribution in [0.3, 0.4) is 0 Å². The van der Waals surface area contributed by atoms with Gasteiger partial charge in [0.05, 0.1) is 0 Å². The van der Waals surface area contributed by atoms with Gasteiger partial charge in [-0.1, -0.05) is 212 Å². The van der Waals surface area contributed by atoms with E-state index in [-0.39, 0.29) is 0 Å². The van der Waals surface area contributed by atoms with Crippen molar-refractivity contribution in [2.75, 3.05) is 0 Å². The van der Waals surface area contributed by atoms with Gasteiger partial charge >= 0.3 is 0 Å². The molecule has 0 saturated heterocycles. The van der Waals surface area contributed by atoms with E-state index in [1.807, 2.05) is 133 Å². The molecule has 0 aliphatic rings. The van der Waals surface area contributed by atoms with Crippen LogP contribution >= 0.6 is 7.14 Å². The Labute approximate surface area is 327 Å². The summed E-state index contributed by atoms with van der Waals surface area (Å²) in [4.78, 5) is 14.7. The van der Waals surface area contributed by atoms with Gasteiger partial charge in [-0.05, 0) is 39.4 Å². The van der Waals surface area contributed by atoms with E-state index in [1.165, 1.54) is 0 Å². The van der Waals surface area contributed by atoms with Crippen molar-refractivity contribution >= 4 is 23.1 Å². The number of benzene rings is 8. The maximum Gasteiger partial charge on any atom is 0.171 e. The van der Waals surface area contributed by atoms with Crippen molar-refractivity contribution in [1.82, 2.24) is 15.0 Å². The first-order valence-corrected chi connectivity index (χ1v) is 20.3. The van der Waals surface area contributed by atoms with Crippen molar-refractivity contribution in [2.24, 2.45) is 0 Å².